The van der Waals surface area contributed by atoms with Crippen LogP contribution in [0.5, 0.6) is 0 Å². The normalized spacial score (nSPS) is 19.1. The van der Waals surface area contributed by atoms with Gasteiger partial charge in [0.15, 0.2) is 12.2 Å². The number of carbonyl (C=O) groups excluding carboxylic acids is 2. The molecule has 0 radical (unpaired) electrons. The summed E-state index contributed by atoms with van der Waals surface area (Å²) in [5, 5.41) is 2.38. The van der Waals surface area contributed by atoms with E-state index in [9.17, 15) is 14.0 Å². The summed E-state index contributed by atoms with van der Waals surface area (Å²) in [6.45, 7) is 1.95. The quantitative estimate of drug-likeness (QED) is 0.839. The molecular formula is C14H15BrFNO4. The number of benzene rings is 1. The number of esters is 1. The molecule has 1 saturated heterocycles. The zero-order chi connectivity index (χ0) is 15.4. The molecule has 1 heterocycles. The van der Waals surface area contributed by atoms with E-state index in [1.807, 2.05) is 0 Å². The summed E-state index contributed by atoms with van der Waals surface area (Å²) in [6, 6.07) is 4.26. The largest absolute Gasteiger partial charge is 0.451 e. The van der Waals surface area contributed by atoms with Crippen molar-refractivity contribution < 1.29 is 23.5 Å². The second-order valence-corrected chi connectivity index (χ2v) is 5.61. The highest BCUT2D eigenvalue weighted by molar-refractivity contribution is 9.10. The van der Waals surface area contributed by atoms with Crippen LogP contribution in [0.15, 0.2) is 22.7 Å². The zero-order valence-electron chi connectivity index (χ0n) is 11.4. The molecule has 0 saturated carbocycles. The Morgan fingerprint density at radius 2 is 2.29 bits per heavy atom. The fourth-order valence-corrected chi connectivity index (χ4v) is 2.23. The van der Waals surface area contributed by atoms with Crippen LogP contribution < -0.4 is 5.32 Å². The van der Waals surface area contributed by atoms with Crippen LogP contribution in [0.3, 0.4) is 0 Å². The minimum absolute atomic E-state index is 0.0308. The molecule has 2 atom stereocenters. The van der Waals surface area contributed by atoms with E-state index in [1.54, 1.807) is 6.07 Å². The van der Waals surface area contributed by atoms with Gasteiger partial charge < -0.3 is 14.8 Å². The maximum Gasteiger partial charge on any atom is 0.336 e. The van der Waals surface area contributed by atoms with Crippen molar-refractivity contribution >= 4 is 33.5 Å². The van der Waals surface area contributed by atoms with Gasteiger partial charge in [-0.15, -0.1) is 0 Å². The number of anilines is 1. The molecule has 7 heteroatoms. The van der Waals surface area contributed by atoms with Gasteiger partial charge in [0.1, 0.15) is 5.82 Å². The lowest BCUT2D eigenvalue weighted by atomic mass is 10.2. The van der Waals surface area contributed by atoms with Gasteiger partial charge in [-0.05, 0) is 38.0 Å². The summed E-state index contributed by atoms with van der Waals surface area (Å²) < 4.78 is 24.4. The van der Waals surface area contributed by atoms with Gasteiger partial charge in [0.25, 0.3) is 5.91 Å². The first-order valence-electron chi connectivity index (χ1n) is 6.55. The Morgan fingerprint density at radius 1 is 1.52 bits per heavy atom. The number of amides is 1. The first kappa shape index (κ1) is 15.9. The molecule has 1 N–H and O–H groups in total. The van der Waals surface area contributed by atoms with Crippen molar-refractivity contribution in [3.63, 3.8) is 0 Å². The number of halogens is 2. The first-order chi connectivity index (χ1) is 9.97. The standard InChI is InChI=1S/C14H15BrFNO4/c1-8(21-14(19)12-3-2-6-20-12)13(18)17-11-5-4-9(15)7-10(11)16/h4-5,7-8,12H,2-3,6H2,1H3,(H,17,18)/t8-,12+/m0/s1. The van der Waals surface area contributed by atoms with E-state index in [0.29, 0.717) is 17.5 Å². The molecule has 0 unspecified atom stereocenters. The number of ether oxygens (including phenoxy) is 2. The van der Waals surface area contributed by atoms with Crippen molar-refractivity contribution in [2.24, 2.45) is 0 Å². The SMILES string of the molecule is C[C@H](OC(=O)[C@H]1CCCO1)C(=O)Nc1ccc(Br)cc1F. The van der Waals surface area contributed by atoms with Gasteiger partial charge in [-0.2, -0.15) is 0 Å². The molecule has 2 rings (SSSR count). The lowest BCUT2D eigenvalue weighted by Gasteiger charge is -2.16. The topological polar surface area (TPSA) is 64.6 Å². The summed E-state index contributed by atoms with van der Waals surface area (Å²) in [5.74, 6) is -1.73. The van der Waals surface area contributed by atoms with E-state index in [1.165, 1.54) is 19.1 Å². The van der Waals surface area contributed by atoms with Crippen LogP contribution in [0.2, 0.25) is 0 Å². The van der Waals surface area contributed by atoms with Gasteiger partial charge in [-0.3, -0.25) is 4.79 Å². The van der Waals surface area contributed by atoms with Crippen LogP contribution in [0.25, 0.3) is 0 Å². The van der Waals surface area contributed by atoms with Gasteiger partial charge in [0.05, 0.1) is 5.69 Å². The summed E-state index contributed by atoms with van der Waals surface area (Å²) >= 11 is 3.13. The number of carbonyl (C=O) groups is 2. The van der Waals surface area contributed by atoms with E-state index >= 15 is 0 Å². The van der Waals surface area contributed by atoms with E-state index in [4.69, 9.17) is 9.47 Å². The monoisotopic (exact) mass is 359 g/mol. The van der Waals surface area contributed by atoms with Crippen LogP contribution >= 0.6 is 15.9 Å². The molecule has 1 aromatic rings. The van der Waals surface area contributed by atoms with Crippen LogP contribution in [-0.2, 0) is 19.1 Å². The lowest BCUT2D eigenvalue weighted by molar-refractivity contribution is -0.162. The summed E-state index contributed by atoms with van der Waals surface area (Å²) in [6.07, 6.45) is -0.242. The average molecular weight is 360 g/mol. The molecule has 0 bridgehead atoms. The summed E-state index contributed by atoms with van der Waals surface area (Å²) in [7, 11) is 0. The molecule has 114 valence electrons. The van der Waals surface area contributed by atoms with Gasteiger partial charge in [0, 0.05) is 11.1 Å². The zero-order valence-corrected chi connectivity index (χ0v) is 13.0. The Bertz CT molecular complexity index is 546. The number of hydrogen-bond donors (Lipinski definition) is 1. The van der Waals surface area contributed by atoms with Crippen molar-refractivity contribution in [2.75, 3.05) is 11.9 Å². The molecule has 21 heavy (non-hydrogen) atoms. The van der Waals surface area contributed by atoms with Crippen molar-refractivity contribution in [2.45, 2.75) is 32.0 Å². The highest BCUT2D eigenvalue weighted by Crippen LogP contribution is 2.20. The minimum atomic E-state index is -1.02. The van der Waals surface area contributed by atoms with Crippen molar-refractivity contribution in [1.82, 2.24) is 0 Å². The minimum Gasteiger partial charge on any atom is -0.451 e. The van der Waals surface area contributed by atoms with E-state index < -0.39 is 29.9 Å². The highest BCUT2D eigenvalue weighted by Gasteiger charge is 2.28. The van der Waals surface area contributed by atoms with E-state index in [2.05, 4.69) is 21.2 Å². The molecule has 5 nitrogen and oxygen atoms in total. The third-order valence-electron chi connectivity index (χ3n) is 3.04. The molecule has 1 aliphatic heterocycles. The molecule has 0 spiro atoms. The summed E-state index contributed by atoms with van der Waals surface area (Å²) in [5.41, 5.74) is 0.0308. The predicted molar refractivity (Wildman–Crippen MR) is 77.3 cm³/mol. The molecule has 0 aromatic heterocycles. The maximum absolute atomic E-state index is 13.6. The first-order valence-corrected chi connectivity index (χ1v) is 7.34. The molecule has 1 fully saturated rings. The third kappa shape index (κ3) is 4.25. The van der Waals surface area contributed by atoms with E-state index in [-0.39, 0.29) is 5.69 Å². The number of rotatable bonds is 4. The number of hydrogen-bond acceptors (Lipinski definition) is 4. The second kappa shape index (κ2) is 7.00. The average Bonchev–Trinajstić information content (AvgIpc) is 2.95. The Hall–Kier alpha value is -1.47. The van der Waals surface area contributed by atoms with Crippen molar-refractivity contribution in [3.05, 3.63) is 28.5 Å². The van der Waals surface area contributed by atoms with Crippen LogP contribution in [0.1, 0.15) is 19.8 Å². The lowest BCUT2D eigenvalue weighted by Crippen LogP contribution is -2.34. The predicted octanol–water partition coefficient (Wildman–Crippen LogP) is 2.64. The Labute approximate surface area is 129 Å². The molecule has 1 aliphatic rings. The second-order valence-electron chi connectivity index (χ2n) is 4.69. The van der Waals surface area contributed by atoms with Crippen LogP contribution in [0, 0.1) is 5.82 Å². The van der Waals surface area contributed by atoms with Gasteiger partial charge in [-0.1, -0.05) is 15.9 Å². The van der Waals surface area contributed by atoms with Gasteiger partial charge in [-0.25, -0.2) is 9.18 Å². The molecule has 0 aliphatic carbocycles. The van der Waals surface area contributed by atoms with E-state index in [0.717, 1.165) is 6.42 Å². The van der Waals surface area contributed by atoms with Gasteiger partial charge >= 0.3 is 5.97 Å². The molecule has 1 amide bonds. The van der Waals surface area contributed by atoms with Crippen molar-refractivity contribution in [3.8, 4) is 0 Å². The Kier molecular flexibility index (Phi) is 5.30. The van der Waals surface area contributed by atoms with Crippen LogP contribution in [0.4, 0.5) is 10.1 Å². The fourth-order valence-electron chi connectivity index (χ4n) is 1.89. The van der Waals surface area contributed by atoms with Gasteiger partial charge in [0.2, 0.25) is 0 Å². The molecule has 1 aromatic carbocycles. The maximum atomic E-state index is 13.6. The summed E-state index contributed by atoms with van der Waals surface area (Å²) in [4.78, 5) is 23.6. The van der Waals surface area contributed by atoms with Crippen molar-refractivity contribution in [1.29, 1.82) is 0 Å². The third-order valence-corrected chi connectivity index (χ3v) is 3.54. The molecular weight excluding hydrogens is 345 g/mol. The Balaban J connectivity index is 1.91. The number of nitrogens with one attached hydrogen (secondary N) is 1. The smallest absolute Gasteiger partial charge is 0.336 e. The van der Waals surface area contributed by atoms with Crippen LogP contribution in [-0.4, -0.2) is 30.7 Å². The highest BCUT2D eigenvalue weighted by atomic mass is 79.9. The Morgan fingerprint density at radius 3 is 2.90 bits per heavy atom. The fraction of sp³-hybridized carbons (Fsp3) is 0.429.